The Morgan fingerprint density at radius 1 is 1.38 bits per heavy atom. The first-order chi connectivity index (χ1) is 10.2. The first kappa shape index (κ1) is 14.5. The van der Waals surface area contributed by atoms with Crippen LogP contribution in [0.5, 0.6) is 0 Å². The van der Waals surface area contributed by atoms with Crippen LogP contribution in [0.3, 0.4) is 0 Å². The summed E-state index contributed by atoms with van der Waals surface area (Å²) >= 11 is 0. The number of hydrogen-bond donors (Lipinski definition) is 1. The van der Waals surface area contributed by atoms with Crippen molar-refractivity contribution in [3.8, 4) is 0 Å². The Hall–Kier alpha value is -1.39. The first-order valence-corrected chi connectivity index (χ1v) is 7.78. The normalized spacial score (nSPS) is 25.6. The molecule has 1 amide bonds. The molecule has 2 heterocycles. The highest BCUT2D eigenvalue weighted by molar-refractivity contribution is 5.78. The van der Waals surface area contributed by atoms with Gasteiger partial charge in [0, 0.05) is 25.1 Å². The molecule has 1 N–H and O–H groups in total. The van der Waals surface area contributed by atoms with Gasteiger partial charge in [-0.3, -0.25) is 9.69 Å². The number of nitrogens with zero attached hydrogens (tertiary/aromatic N) is 1. The molecule has 0 saturated carbocycles. The van der Waals surface area contributed by atoms with Gasteiger partial charge in [0.2, 0.25) is 5.91 Å². The van der Waals surface area contributed by atoms with E-state index < -0.39 is 0 Å². The predicted molar refractivity (Wildman–Crippen MR) is 82.0 cm³/mol. The average Bonchev–Trinajstić information content (AvgIpc) is 3.09. The number of amides is 1. The Balaban J connectivity index is 1.46. The van der Waals surface area contributed by atoms with Crippen LogP contribution in [0.1, 0.15) is 24.0 Å². The van der Waals surface area contributed by atoms with Gasteiger partial charge in [-0.05, 0) is 37.4 Å². The van der Waals surface area contributed by atoms with Crippen LogP contribution in [0.15, 0.2) is 24.3 Å². The lowest BCUT2D eigenvalue weighted by Crippen LogP contribution is -2.37. The minimum absolute atomic E-state index is 0.120. The molecule has 2 saturated heterocycles. The van der Waals surface area contributed by atoms with Gasteiger partial charge < -0.3 is 10.1 Å². The third-order valence-electron chi connectivity index (χ3n) is 4.81. The number of carbonyl (C=O) groups excluding carboxylic acids is 1. The van der Waals surface area contributed by atoms with Gasteiger partial charge >= 0.3 is 0 Å². The summed E-state index contributed by atoms with van der Waals surface area (Å²) in [5.74, 6) is 0.120. The molecule has 1 spiro atoms. The zero-order chi connectivity index (χ0) is 14.7. The summed E-state index contributed by atoms with van der Waals surface area (Å²) in [6.07, 6.45) is 2.31. The quantitative estimate of drug-likeness (QED) is 0.917. The molecule has 1 atom stereocenters. The third kappa shape index (κ3) is 3.44. The summed E-state index contributed by atoms with van der Waals surface area (Å²) in [6, 6.07) is 8.18. The maximum absolute atomic E-state index is 12.1. The van der Waals surface area contributed by atoms with Crippen LogP contribution in [-0.2, 0) is 16.1 Å². The van der Waals surface area contributed by atoms with Crippen molar-refractivity contribution in [2.24, 2.45) is 5.41 Å². The summed E-state index contributed by atoms with van der Waals surface area (Å²) in [6.45, 7) is 6.97. The van der Waals surface area contributed by atoms with Gasteiger partial charge in [-0.25, -0.2) is 0 Å². The third-order valence-corrected chi connectivity index (χ3v) is 4.81. The number of aryl methyl sites for hydroxylation is 1. The fourth-order valence-electron chi connectivity index (χ4n) is 3.40. The standard InChI is InChI=1S/C17H24N2O2/c1-14-4-2-3-5-15(14)10-18-16(20)11-19-8-6-17(12-19)7-9-21-13-17/h2-5H,6-13H2,1H3,(H,18,20). The minimum atomic E-state index is 0.120. The van der Waals surface area contributed by atoms with E-state index in [-0.39, 0.29) is 5.91 Å². The van der Waals surface area contributed by atoms with Crippen molar-refractivity contribution in [2.45, 2.75) is 26.3 Å². The van der Waals surface area contributed by atoms with Crippen molar-refractivity contribution >= 4 is 5.91 Å². The molecular formula is C17H24N2O2. The molecule has 1 aromatic rings. The second kappa shape index (κ2) is 6.16. The predicted octanol–water partition coefficient (Wildman–Crippen LogP) is 1.72. The summed E-state index contributed by atoms with van der Waals surface area (Å²) in [5.41, 5.74) is 2.74. The van der Waals surface area contributed by atoms with E-state index in [4.69, 9.17) is 4.74 Å². The average molecular weight is 288 g/mol. The van der Waals surface area contributed by atoms with Gasteiger partial charge in [0.05, 0.1) is 13.2 Å². The zero-order valence-electron chi connectivity index (χ0n) is 12.7. The Morgan fingerprint density at radius 3 is 3.00 bits per heavy atom. The van der Waals surface area contributed by atoms with Gasteiger partial charge in [-0.1, -0.05) is 24.3 Å². The van der Waals surface area contributed by atoms with Crippen molar-refractivity contribution in [3.63, 3.8) is 0 Å². The lowest BCUT2D eigenvalue weighted by Gasteiger charge is -2.21. The molecule has 21 heavy (non-hydrogen) atoms. The Labute approximate surface area is 126 Å². The van der Waals surface area contributed by atoms with Crippen molar-refractivity contribution in [2.75, 3.05) is 32.8 Å². The lowest BCUT2D eigenvalue weighted by molar-refractivity contribution is -0.122. The van der Waals surface area contributed by atoms with Gasteiger partial charge in [0.1, 0.15) is 0 Å². The highest BCUT2D eigenvalue weighted by Crippen LogP contribution is 2.37. The highest BCUT2D eigenvalue weighted by atomic mass is 16.5. The maximum atomic E-state index is 12.1. The van der Waals surface area contributed by atoms with Gasteiger partial charge in [-0.2, -0.15) is 0 Å². The van der Waals surface area contributed by atoms with E-state index in [2.05, 4.69) is 29.3 Å². The van der Waals surface area contributed by atoms with E-state index in [1.165, 1.54) is 11.1 Å². The van der Waals surface area contributed by atoms with Crippen molar-refractivity contribution in [1.29, 1.82) is 0 Å². The van der Waals surface area contributed by atoms with E-state index in [1.54, 1.807) is 0 Å². The number of benzene rings is 1. The molecule has 1 aromatic carbocycles. The van der Waals surface area contributed by atoms with Crippen LogP contribution in [-0.4, -0.2) is 43.7 Å². The summed E-state index contributed by atoms with van der Waals surface area (Å²) in [4.78, 5) is 14.4. The Kier molecular flexibility index (Phi) is 4.27. The van der Waals surface area contributed by atoms with E-state index in [9.17, 15) is 4.79 Å². The number of rotatable bonds is 4. The van der Waals surface area contributed by atoms with E-state index in [1.807, 2.05) is 12.1 Å². The minimum Gasteiger partial charge on any atom is -0.381 e. The molecule has 2 aliphatic rings. The maximum Gasteiger partial charge on any atom is 0.234 e. The number of nitrogens with one attached hydrogen (secondary N) is 1. The molecule has 2 aliphatic heterocycles. The molecule has 4 heteroatoms. The SMILES string of the molecule is Cc1ccccc1CNC(=O)CN1CCC2(CCOC2)C1. The monoisotopic (exact) mass is 288 g/mol. The van der Waals surface area contributed by atoms with Crippen molar-refractivity contribution in [3.05, 3.63) is 35.4 Å². The highest BCUT2D eigenvalue weighted by Gasteiger charge is 2.41. The number of ether oxygens (including phenoxy) is 1. The van der Waals surface area contributed by atoms with E-state index in [0.29, 0.717) is 18.5 Å². The number of likely N-dealkylation sites (tertiary alicyclic amines) is 1. The molecule has 0 bridgehead atoms. The summed E-state index contributed by atoms with van der Waals surface area (Å²) in [7, 11) is 0. The topological polar surface area (TPSA) is 41.6 Å². The van der Waals surface area contributed by atoms with Crippen LogP contribution < -0.4 is 5.32 Å². The molecular weight excluding hydrogens is 264 g/mol. The zero-order valence-corrected chi connectivity index (χ0v) is 12.7. The largest absolute Gasteiger partial charge is 0.381 e. The number of hydrogen-bond acceptors (Lipinski definition) is 3. The summed E-state index contributed by atoms with van der Waals surface area (Å²) in [5, 5.41) is 3.03. The van der Waals surface area contributed by atoms with Crippen LogP contribution in [0.4, 0.5) is 0 Å². The van der Waals surface area contributed by atoms with Crippen molar-refractivity contribution < 1.29 is 9.53 Å². The smallest absolute Gasteiger partial charge is 0.234 e. The molecule has 114 valence electrons. The second-order valence-electron chi connectivity index (χ2n) is 6.47. The molecule has 3 rings (SSSR count). The molecule has 2 fully saturated rings. The van der Waals surface area contributed by atoms with Crippen LogP contribution >= 0.6 is 0 Å². The number of carbonyl (C=O) groups is 1. The van der Waals surface area contributed by atoms with Crippen LogP contribution in [0, 0.1) is 12.3 Å². The van der Waals surface area contributed by atoms with Crippen molar-refractivity contribution in [1.82, 2.24) is 10.2 Å². The van der Waals surface area contributed by atoms with Gasteiger partial charge in [0.25, 0.3) is 0 Å². The molecule has 0 aromatic heterocycles. The summed E-state index contributed by atoms with van der Waals surface area (Å²) < 4.78 is 5.53. The molecule has 1 unspecified atom stereocenters. The van der Waals surface area contributed by atoms with E-state index >= 15 is 0 Å². The fraction of sp³-hybridized carbons (Fsp3) is 0.588. The first-order valence-electron chi connectivity index (χ1n) is 7.78. The lowest BCUT2D eigenvalue weighted by atomic mass is 9.87. The molecule has 4 nitrogen and oxygen atoms in total. The molecule has 0 aliphatic carbocycles. The van der Waals surface area contributed by atoms with Crippen LogP contribution in [0.2, 0.25) is 0 Å². The Bertz CT molecular complexity index is 509. The van der Waals surface area contributed by atoms with E-state index in [0.717, 1.165) is 39.1 Å². The fourth-order valence-corrected chi connectivity index (χ4v) is 3.40. The molecule has 0 radical (unpaired) electrons. The van der Waals surface area contributed by atoms with Crippen LogP contribution in [0.25, 0.3) is 0 Å². The second-order valence-corrected chi connectivity index (χ2v) is 6.47. The van der Waals surface area contributed by atoms with Gasteiger partial charge in [-0.15, -0.1) is 0 Å². The van der Waals surface area contributed by atoms with Gasteiger partial charge in [0.15, 0.2) is 0 Å². The Morgan fingerprint density at radius 2 is 2.24 bits per heavy atom.